The van der Waals surface area contributed by atoms with Crippen LogP contribution < -0.4 is 10.1 Å². The van der Waals surface area contributed by atoms with Crippen molar-refractivity contribution in [2.75, 3.05) is 18.7 Å². The lowest BCUT2D eigenvalue weighted by molar-refractivity contribution is 0.412. The Bertz CT molecular complexity index is 1160. The van der Waals surface area contributed by atoms with Crippen molar-refractivity contribution in [2.45, 2.75) is 12.7 Å². The molecule has 1 heterocycles. The number of ether oxygens (including phenoxy) is 1. The normalized spacial score (nSPS) is 11.7. The summed E-state index contributed by atoms with van der Waals surface area (Å²) in [6.07, 6.45) is 4.78. The summed E-state index contributed by atoms with van der Waals surface area (Å²) in [5.74, 6) is -0.150. The van der Waals surface area contributed by atoms with Crippen molar-refractivity contribution < 1.29 is 13.5 Å². The van der Waals surface area contributed by atoms with Crippen molar-refractivity contribution in [2.24, 2.45) is 4.36 Å². The second kappa shape index (κ2) is 9.41. The van der Waals surface area contributed by atoms with E-state index in [2.05, 4.69) is 19.6 Å². The molecule has 1 unspecified atom stereocenters. The maximum absolute atomic E-state index is 14.4. The molecule has 0 saturated heterocycles. The number of rotatable bonds is 6. The van der Waals surface area contributed by atoms with Gasteiger partial charge in [-0.1, -0.05) is 16.8 Å². The van der Waals surface area contributed by atoms with Crippen LogP contribution in [0.4, 0.5) is 20.4 Å². The summed E-state index contributed by atoms with van der Waals surface area (Å²) in [5, 5.41) is 11.8. The zero-order valence-corrected chi connectivity index (χ0v) is 17.4. The van der Waals surface area contributed by atoms with E-state index in [1.807, 2.05) is 37.6 Å². The zero-order valence-electron chi connectivity index (χ0n) is 16.6. The summed E-state index contributed by atoms with van der Waals surface area (Å²) in [5.41, 5.74) is 3.05. The second-order valence-corrected chi connectivity index (χ2v) is 8.17. The number of aromatic nitrogens is 2. The molecule has 0 spiro atoms. The van der Waals surface area contributed by atoms with E-state index in [0.717, 1.165) is 23.0 Å². The highest BCUT2D eigenvalue weighted by molar-refractivity contribution is 7.85. The van der Waals surface area contributed by atoms with Gasteiger partial charge >= 0.3 is 0 Å². The summed E-state index contributed by atoms with van der Waals surface area (Å²) in [7, 11) is 0.969. The van der Waals surface area contributed by atoms with E-state index in [9.17, 15) is 8.78 Å². The van der Waals surface area contributed by atoms with Crippen LogP contribution in [0.2, 0.25) is 0 Å². The molecule has 9 heteroatoms. The number of hydrogen-bond acceptors (Lipinski definition) is 6. The molecule has 0 radical (unpaired) electrons. The lowest BCUT2D eigenvalue weighted by Crippen LogP contribution is -2.02. The average Bonchev–Trinajstić information content (AvgIpc) is 2.69. The smallest absolute Gasteiger partial charge is 0.227 e. The van der Waals surface area contributed by atoms with Crippen molar-refractivity contribution in [1.29, 1.82) is 5.26 Å². The van der Waals surface area contributed by atoms with Crippen molar-refractivity contribution >= 4 is 22.3 Å². The summed E-state index contributed by atoms with van der Waals surface area (Å²) >= 11 is 0. The van der Waals surface area contributed by atoms with Crippen LogP contribution in [0.3, 0.4) is 0 Å². The molecule has 0 aliphatic heterocycles. The van der Waals surface area contributed by atoms with Gasteiger partial charge in [-0.2, -0.15) is 9.62 Å². The van der Waals surface area contributed by atoms with Crippen LogP contribution >= 0.6 is 0 Å². The molecule has 3 aromatic rings. The molecular weight excluding hydrogens is 408 g/mol. The number of nitrogens with one attached hydrogen (secondary N) is 1. The number of hydrogen-bond donors (Lipinski definition) is 1. The van der Waals surface area contributed by atoms with Gasteiger partial charge in [-0.3, -0.25) is 0 Å². The van der Waals surface area contributed by atoms with E-state index in [1.165, 1.54) is 25.3 Å². The first kappa shape index (κ1) is 21.3. The molecule has 0 fully saturated rings. The van der Waals surface area contributed by atoms with E-state index in [1.54, 1.807) is 0 Å². The molecule has 3 rings (SSSR count). The Balaban J connectivity index is 1.94. The molecule has 30 heavy (non-hydrogen) atoms. The number of nitriles is 1. The molecule has 1 N–H and O–H groups in total. The van der Waals surface area contributed by atoms with Gasteiger partial charge in [0.25, 0.3) is 0 Å². The van der Waals surface area contributed by atoms with Gasteiger partial charge in [0, 0.05) is 23.1 Å². The van der Waals surface area contributed by atoms with Crippen molar-refractivity contribution in [1.82, 2.24) is 9.97 Å². The van der Waals surface area contributed by atoms with E-state index >= 15 is 0 Å². The van der Waals surface area contributed by atoms with E-state index in [4.69, 9.17) is 10.00 Å². The molecule has 2 aromatic carbocycles. The minimum atomic E-state index is -0.650. The number of halogens is 2. The molecule has 1 atom stereocenters. The fourth-order valence-electron chi connectivity index (χ4n) is 2.97. The lowest BCUT2D eigenvalue weighted by Gasteiger charge is -2.12. The Kier molecular flexibility index (Phi) is 6.69. The van der Waals surface area contributed by atoms with Crippen LogP contribution in [0.25, 0.3) is 11.3 Å². The molecule has 0 bridgehead atoms. The molecule has 6 nitrogen and oxygen atoms in total. The Morgan fingerprint density at radius 3 is 2.77 bits per heavy atom. The van der Waals surface area contributed by atoms with E-state index in [0.29, 0.717) is 11.3 Å². The largest absolute Gasteiger partial charge is 0.496 e. The Labute approximate surface area is 175 Å². The summed E-state index contributed by atoms with van der Waals surface area (Å²) in [4.78, 5) is 8.28. The fraction of sp³-hybridized carbons (Fsp3) is 0.190. The van der Waals surface area contributed by atoms with Crippen LogP contribution in [0.5, 0.6) is 5.75 Å². The van der Waals surface area contributed by atoms with Gasteiger partial charge in [-0.15, -0.1) is 0 Å². The second-order valence-electron chi connectivity index (χ2n) is 6.50. The highest BCUT2D eigenvalue weighted by Gasteiger charge is 2.15. The number of benzene rings is 2. The lowest BCUT2D eigenvalue weighted by atomic mass is 10.1. The van der Waals surface area contributed by atoms with Gasteiger partial charge in [0.05, 0.1) is 13.3 Å². The first-order chi connectivity index (χ1) is 14.4. The van der Waals surface area contributed by atoms with Crippen LogP contribution in [-0.2, 0) is 16.4 Å². The number of methoxy groups -OCH3 is 1. The van der Waals surface area contributed by atoms with Gasteiger partial charge in [0.1, 0.15) is 17.3 Å². The average molecular weight is 427 g/mol. The summed E-state index contributed by atoms with van der Waals surface area (Å²) < 4.78 is 36.9. The monoisotopic (exact) mass is 427 g/mol. The number of nitrogens with zero attached hydrogens (tertiary/aromatic N) is 4. The molecule has 0 saturated carbocycles. The van der Waals surface area contributed by atoms with Crippen LogP contribution in [0.15, 0.2) is 47.0 Å². The first-order valence-corrected chi connectivity index (χ1v) is 10.6. The molecule has 0 amide bonds. The SMILES string of the molecule is COc1cc(F)ccc1-c1nc(Nc2cc(C)cc(CS(C)=NC#N)c2)ncc1F. The van der Waals surface area contributed by atoms with Crippen LogP contribution in [0.1, 0.15) is 11.1 Å². The first-order valence-electron chi connectivity index (χ1n) is 8.86. The maximum atomic E-state index is 14.4. The van der Waals surface area contributed by atoms with Gasteiger partial charge in [0.15, 0.2) is 5.82 Å². The third kappa shape index (κ3) is 5.15. The molecular formula is C21H19F2N5OS. The van der Waals surface area contributed by atoms with Gasteiger partial charge in [-0.25, -0.2) is 18.7 Å². The highest BCUT2D eigenvalue weighted by Crippen LogP contribution is 2.31. The van der Waals surface area contributed by atoms with Crippen molar-refractivity contribution in [3.8, 4) is 23.2 Å². The van der Waals surface area contributed by atoms with Crippen LogP contribution in [-0.4, -0.2) is 23.3 Å². The van der Waals surface area contributed by atoms with Crippen LogP contribution in [0, 0.1) is 30.0 Å². The Hall–Kier alpha value is -3.38. The third-order valence-corrected chi connectivity index (χ3v) is 5.27. The van der Waals surface area contributed by atoms with Gasteiger partial charge < -0.3 is 10.1 Å². The quantitative estimate of drug-likeness (QED) is 0.566. The van der Waals surface area contributed by atoms with Crippen molar-refractivity contribution in [3.63, 3.8) is 0 Å². The predicted octanol–water partition coefficient (Wildman–Crippen LogP) is 4.90. The Morgan fingerprint density at radius 1 is 1.23 bits per heavy atom. The predicted molar refractivity (Wildman–Crippen MR) is 113 cm³/mol. The van der Waals surface area contributed by atoms with Gasteiger partial charge in [-0.05, 0) is 48.6 Å². The van der Waals surface area contributed by atoms with E-state index in [-0.39, 0.29) is 17.4 Å². The summed E-state index contributed by atoms with van der Waals surface area (Å²) in [6.45, 7) is 1.95. The highest BCUT2D eigenvalue weighted by atomic mass is 32.2. The van der Waals surface area contributed by atoms with E-state index < -0.39 is 22.3 Å². The molecule has 1 aromatic heterocycles. The maximum Gasteiger partial charge on any atom is 0.227 e. The standard InChI is InChI=1S/C21H19F2N5OS/c1-13-6-14(11-30(3)26-12-24)8-16(7-13)27-21-25-10-18(23)20(28-21)17-5-4-15(22)9-19(17)29-2/h4-10H,11H2,1-3H3,(H,25,27,28). The number of anilines is 2. The number of aryl methyl sites for hydroxylation is 1. The van der Waals surface area contributed by atoms with Gasteiger partial charge in [0.2, 0.25) is 12.1 Å². The Morgan fingerprint density at radius 2 is 2.03 bits per heavy atom. The topological polar surface area (TPSA) is 83.2 Å². The molecule has 0 aliphatic rings. The molecule has 0 aliphatic carbocycles. The fourth-order valence-corrected chi connectivity index (χ4v) is 3.82. The third-order valence-electron chi connectivity index (χ3n) is 4.13. The zero-order chi connectivity index (χ0) is 21.7. The minimum absolute atomic E-state index is 0.000139. The summed E-state index contributed by atoms with van der Waals surface area (Å²) in [6, 6.07) is 9.63. The minimum Gasteiger partial charge on any atom is -0.496 e. The van der Waals surface area contributed by atoms with Crippen molar-refractivity contribution in [3.05, 3.63) is 65.4 Å². The molecule has 154 valence electrons.